The summed E-state index contributed by atoms with van der Waals surface area (Å²) in [6.07, 6.45) is 18.6. The predicted octanol–water partition coefficient (Wildman–Crippen LogP) is 12.4. The van der Waals surface area contributed by atoms with Crippen molar-refractivity contribution in [1.29, 1.82) is 0 Å². The van der Waals surface area contributed by atoms with E-state index in [1.807, 2.05) is 12.2 Å². The molecule has 0 aromatic heterocycles. The van der Waals surface area contributed by atoms with E-state index in [0.29, 0.717) is 12.8 Å². The van der Waals surface area contributed by atoms with Gasteiger partial charge in [-0.15, -0.1) is 13.2 Å². The molecule has 0 radical (unpaired) electrons. The molecule has 0 amide bonds. The van der Waals surface area contributed by atoms with Crippen LogP contribution in [0.1, 0.15) is 159 Å². The van der Waals surface area contributed by atoms with Crippen molar-refractivity contribution in [3.8, 4) is 0 Å². The summed E-state index contributed by atoms with van der Waals surface area (Å²) in [6.45, 7) is 29.6. The summed E-state index contributed by atoms with van der Waals surface area (Å²) in [4.78, 5) is 0. The van der Waals surface area contributed by atoms with Gasteiger partial charge in [0.05, 0.1) is 0 Å². The molecular formula is C40H66O2S. The zero-order valence-electron chi connectivity index (χ0n) is 29.8. The molecule has 0 aromatic carbocycles. The molecule has 2 nitrogen and oxygen atoms in total. The van der Waals surface area contributed by atoms with Gasteiger partial charge in [0.1, 0.15) is 9.49 Å². The Labute approximate surface area is 267 Å². The first-order chi connectivity index (χ1) is 20.2. The van der Waals surface area contributed by atoms with E-state index in [1.165, 1.54) is 59.1 Å². The first-order valence-corrected chi connectivity index (χ1v) is 18.9. The largest absolute Gasteiger partial charge is 0.227 e. The van der Waals surface area contributed by atoms with E-state index >= 15 is 8.42 Å². The number of sulfone groups is 1. The molecule has 0 bridgehead atoms. The lowest BCUT2D eigenvalue weighted by atomic mass is 9.70. The fourth-order valence-corrected chi connectivity index (χ4v) is 12.3. The number of rotatable bonds is 18. The Morgan fingerprint density at radius 3 is 1.16 bits per heavy atom. The van der Waals surface area contributed by atoms with Crippen LogP contribution in [0.4, 0.5) is 0 Å². The standard InChI is InChI=1S/C40H66O2S/c1-13-15-17-19-21-23-25-27-39(35(9)31(5)29(3)32(6)36(39)10)43(41,42)40(28-26-24-22-20-18-16-14-2)37(11)33(7)30(4)34(8)38(40)12/h13-14,35,37H,1-2,15-28H2,3-12H3. The van der Waals surface area contributed by atoms with Crippen LogP contribution in [-0.4, -0.2) is 17.9 Å². The molecule has 0 fully saturated rings. The van der Waals surface area contributed by atoms with E-state index in [-0.39, 0.29) is 11.8 Å². The third-order valence-electron chi connectivity index (χ3n) is 12.3. The zero-order chi connectivity index (χ0) is 32.6. The molecule has 0 saturated heterocycles. The van der Waals surface area contributed by atoms with Crippen LogP contribution in [0.25, 0.3) is 0 Å². The highest BCUT2D eigenvalue weighted by atomic mass is 32.2. The Hall–Kier alpha value is -1.61. The normalized spacial score (nSPS) is 26.9. The summed E-state index contributed by atoms with van der Waals surface area (Å²) in [6, 6.07) is 0. The molecule has 0 aliphatic heterocycles. The minimum absolute atomic E-state index is 0.0506. The van der Waals surface area contributed by atoms with Crippen LogP contribution in [-0.2, 0) is 9.84 Å². The molecule has 2 rings (SSSR count). The average Bonchev–Trinajstić information content (AvgIpc) is 2.99. The van der Waals surface area contributed by atoms with Gasteiger partial charge in [-0.2, -0.15) is 0 Å². The van der Waals surface area contributed by atoms with Crippen molar-refractivity contribution in [2.75, 3.05) is 0 Å². The van der Waals surface area contributed by atoms with Crippen molar-refractivity contribution in [3.05, 3.63) is 69.9 Å². The topological polar surface area (TPSA) is 34.1 Å². The minimum atomic E-state index is -3.70. The van der Waals surface area contributed by atoms with Crippen LogP contribution in [0.2, 0.25) is 0 Å². The number of unbranched alkanes of at least 4 members (excludes halogenated alkanes) is 10. The van der Waals surface area contributed by atoms with Crippen LogP contribution in [0.15, 0.2) is 69.9 Å². The van der Waals surface area contributed by atoms with Gasteiger partial charge in [0.2, 0.25) is 0 Å². The lowest BCUT2D eigenvalue weighted by Crippen LogP contribution is -2.61. The molecule has 2 aliphatic rings. The molecule has 43 heavy (non-hydrogen) atoms. The summed E-state index contributed by atoms with van der Waals surface area (Å²) >= 11 is 0. The Bertz CT molecular complexity index is 1150. The second-order valence-electron chi connectivity index (χ2n) is 14.0. The van der Waals surface area contributed by atoms with Gasteiger partial charge in [0.25, 0.3) is 0 Å². The van der Waals surface area contributed by atoms with Gasteiger partial charge < -0.3 is 0 Å². The minimum Gasteiger partial charge on any atom is -0.227 e. The van der Waals surface area contributed by atoms with Gasteiger partial charge in [-0.25, -0.2) is 8.42 Å². The van der Waals surface area contributed by atoms with Crippen LogP contribution in [0.3, 0.4) is 0 Å². The highest BCUT2D eigenvalue weighted by Crippen LogP contribution is 2.58. The molecule has 0 saturated carbocycles. The van der Waals surface area contributed by atoms with E-state index in [4.69, 9.17) is 0 Å². The smallest absolute Gasteiger partial charge is 0.170 e. The second-order valence-corrected chi connectivity index (χ2v) is 16.5. The average molecular weight is 611 g/mol. The molecule has 4 atom stereocenters. The summed E-state index contributed by atoms with van der Waals surface area (Å²) in [5, 5.41) is 0. The molecule has 0 aromatic rings. The molecule has 0 heterocycles. The Balaban J connectivity index is 2.69. The summed E-state index contributed by atoms with van der Waals surface area (Å²) in [7, 11) is -3.70. The fraction of sp³-hybridized carbons (Fsp3) is 0.700. The third-order valence-corrected chi connectivity index (χ3v) is 15.9. The van der Waals surface area contributed by atoms with Crippen LogP contribution in [0.5, 0.6) is 0 Å². The first kappa shape index (κ1) is 37.6. The number of hydrogen-bond donors (Lipinski definition) is 0. The molecule has 2 aliphatic carbocycles. The fourth-order valence-electron chi connectivity index (χ4n) is 8.47. The van der Waals surface area contributed by atoms with E-state index in [0.717, 1.165) is 62.5 Å². The molecule has 4 unspecified atom stereocenters. The monoisotopic (exact) mass is 610 g/mol. The predicted molar refractivity (Wildman–Crippen MR) is 191 cm³/mol. The molecule has 0 N–H and O–H groups in total. The molecule has 0 spiro atoms. The van der Waals surface area contributed by atoms with E-state index in [2.05, 4.69) is 82.4 Å². The van der Waals surface area contributed by atoms with Gasteiger partial charge >= 0.3 is 0 Å². The molecule has 244 valence electrons. The zero-order valence-corrected chi connectivity index (χ0v) is 30.7. The van der Waals surface area contributed by atoms with E-state index in [1.54, 1.807) is 0 Å². The van der Waals surface area contributed by atoms with Crippen LogP contribution in [0, 0.1) is 11.8 Å². The maximum absolute atomic E-state index is 16.1. The summed E-state index contributed by atoms with van der Waals surface area (Å²) < 4.78 is 30.4. The lowest BCUT2D eigenvalue weighted by Gasteiger charge is -2.54. The maximum atomic E-state index is 16.1. The number of allylic oxidation sites excluding steroid dienone is 8. The van der Waals surface area contributed by atoms with Crippen LogP contribution >= 0.6 is 0 Å². The van der Waals surface area contributed by atoms with Gasteiger partial charge in [-0.3, -0.25) is 0 Å². The highest BCUT2D eigenvalue weighted by molar-refractivity contribution is 7.94. The van der Waals surface area contributed by atoms with Crippen molar-refractivity contribution in [2.45, 2.75) is 169 Å². The summed E-state index contributed by atoms with van der Waals surface area (Å²) in [5.41, 5.74) is 9.63. The molecular weight excluding hydrogens is 545 g/mol. The maximum Gasteiger partial charge on any atom is 0.170 e. The van der Waals surface area contributed by atoms with Crippen molar-refractivity contribution in [3.63, 3.8) is 0 Å². The first-order valence-electron chi connectivity index (χ1n) is 17.4. The third kappa shape index (κ3) is 6.97. The van der Waals surface area contributed by atoms with Crippen molar-refractivity contribution < 1.29 is 8.42 Å². The lowest BCUT2D eigenvalue weighted by molar-refractivity contribution is 0.359. The van der Waals surface area contributed by atoms with Gasteiger partial charge in [-0.1, -0.05) is 88.5 Å². The van der Waals surface area contributed by atoms with Crippen molar-refractivity contribution in [2.24, 2.45) is 11.8 Å². The number of hydrogen-bond acceptors (Lipinski definition) is 2. The van der Waals surface area contributed by atoms with Crippen molar-refractivity contribution >= 4 is 9.84 Å². The SMILES string of the molecule is C=CCCCCCCCC1(S(=O)(=O)C2(CCCCCCCC=C)C(C)=C(C)C(C)=C(C)C2C)C(C)=C(C)C(C)=C(C)C1C. The van der Waals surface area contributed by atoms with E-state index < -0.39 is 19.3 Å². The quantitative estimate of drug-likeness (QED) is 0.114. The van der Waals surface area contributed by atoms with E-state index in [9.17, 15) is 0 Å². The Morgan fingerprint density at radius 1 is 0.535 bits per heavy atom. The Morgan fingerprint density at radius 2 is 0.837 bits per heavy atom. The van der Waals surface area contributed by atoms with Crippen molar-refractivity contribution in [1.82, 2.24) is 0 Å². The second kappa shape index (κ2) is 16.1. The van der Waals surface area contributed by atoms with Crippen LogP contribution < -0.4 is 0 Å². The van der Waals surface area contributed by atoms with Gasteiger partial charge in [-0.05, 0) is 127 Å². The van der Waals surface area contributed by atoms with Gasteiger partial charge in [0, 0.05) is 11.8 Å². The molecule has 3 heteroatoms. The Kier molecular flexibility index (Phi) is 14.1. The summed E-state index contributed by atoms with van der Waals surface area (Å²) in [5.74, 6) is -0.101. The van der Waals surface area contributed by atoms with Gasteiger partial charge in [0.15, 0.2) is 9.84 Å². The highest BCUT2D eigenvalue weighted by Gasteiger charge is 2.63.